The van der Waals surface area contributed by atoms with Crippen molar-refractivity contribution in [2.24, 2.45) is 5.73 Å². The fraction of sp³-hybridized carbons (Fsp3) is 0.529. The average molecular weight is 302 g/mol. The van der Waals surface area contributed by atoms with E-state index in [2.05, 4.69) is 41.6 Å². The van der Waals surface area contributed by atoms with Crippen LogP contribution < -0.4 is 16.4 Å². The summed E-state index contributed by atoms with van der Waals surface area (Å²) in [5, 5.41) is 8.43. The maximum Gasteiger partial charge on any atom is 0.0944 e. The normalized spacial score (nSPS) is 16.3. The van der Waals surface area contributed by atoms with Crippen LogP contribution in [0, 0.1) is 13.8 Å². The topological polar surface area (TPSA) is 75.1 Å². The molecule has 5 N–H and O–H groups in total. The number of hydrogen-bond acceptors (Lipinski definition) is 4. The third-order valence-corrected chi connectivity index (χ3v) is 4.62. The number of nitrogens with one attached hydrogen (secondary N) is 3. The Morgan fingerprint density at radius 1 is 1.27 bits per heavy atom. The third kappa shape index (κ3) is 2.97. The van der Waals surface area contributed by atoms with Gasteiger partial charge in [-0.05, 0) is 51.4 Å². The Balaban J connectivity index is 1.96. The van der Waals surface area contributed by atoms with Crippen LogP contribution in [0.1, 0.15) is 29.7 Å². The number of aryl methyl sites for hydroxylation is 2. The number of ether oxygens (including phenoxy) is 1. The summed E-state index contributed by atoms with van der Waals surface area (Å²) in [4.78, 5) is 3.51. The lowest BCUT2D eigenvalue weighted by molar-refractivity contribution is 0.128. The molecule has 2 aromatic rings. The number of anilines is 1. The second-order valence-corrected chi connectivity index (χ2v) is 6.08. The van der Waals surface area contributed by atoms with Crippen molar-refractivity contribution in [2.75, 3.05) is 25.1 Å². The van der Waals surface area contributed by atoms with Gasteiger partial charge in [-0.1, -0.05) is 6.07 Å². The monoisotopic (exact) mass is 302 g/mol. The summed E-state index contributed by atoms with van der Waals surface area (Å²) in [5.41, 5.74) is 11.5. The summed E-state index contributed by atoms with van der Waals surface area (Å²) in [7, 11) is 0. The van der Waals surface area contributed by atoms with Gasteiger partial charge in [0.1, 0.15) is 0 Å². The predicted octanol–water partition coefficient (Wildman–Crippen LogP) is 2.38. The third-order valence-electron chi connectivity index (χ3n) is 4.62. The van der Waals surface area contributed by atoms with Crippen LogP contribution in [0.25, 0.3) is 10.9 Å². The molecule has 1 aromatic carbocycles. The summed E-state index contributed by atoms with van der Waals surface area (Å²) in [5.74, 6) is 0. The zero-order chi connectivity index (χ0) is 15.5. The van der Waals surface area contributed by atoms with Crippen molar-refractivity contribution in [2.45, 2.75) is 39.3 Å². The summed E-state index contributed by atoms with van der Waals surface area (Å²) < 4.78 is 5.40. The number of rotatable bonds is 5. The van der Waals surface area contributed by atoms with Crippen LogP contribution in [-0.4, -0.2) is 30.8 Å². The molecule has 0 aliphatic carbocycles. The number of hydrogen-bond donors (Lipinski definition) is 4. The lowest BCUT2D eigenvalue weighted by atomic mass is 10.0. The first-order chi connectivity index (χ1) is 10.7. The van der Waals surface area contributed by atoms with Crippen molar-refractivity contribution in [3.05, 3.63) is 29.0 Å². The fourth-order valence-electron chi connectivity index (χ4n) is 3.24. The number of aromatic nitrogens is 1. The Morgan fingerprint density at radius 2 is 2.05 bits per heavy atom. The second-order valence-electron chi connectivity index (χ2n) is 6.08. The van der Waals surface area contributed by atoms with Gasteiger partial charge in [0.2, 0.25) is 0 Å². The van der Waals surface area contributed by atoms with Crippen LogP contribution >= 0.6 is 0 Å². The van der Waals surface area contributed by atoms with Crippen LogP contribution in [0.5, 0.6) is 0 Å². The maximum atomic E-state index is 5.46. The Morgan fingerprint density at radius 3 is 2.77 bits per heavy atom. The standard InChI is InChI=1S/C17H26N4O/c1-11-12(2)20-17-13(9-22-10-18)3-4-15(16(11)17)21-14-5-7-19-8-6-14/h3-4,14,19-21H,5-10,18H2,1-2H3. The minimum atomic E-state index is 0.245. The average Bonchev–Trinajstić information content (AvgIpc) is 2.84. The van der Waals surface area contributed by atoms with Gasteiger partial charge in [-0.2, -0.15) is 0 Å². The highest BCUT2D eigenvalue weighted by Crippen LogP contribution is 2.32. The summed E-state index contributed by atoms with van der Waals surface area (Å²) in [6, 6.07) is 4.86. The highest BCUT2D eigenvalue weighted by Gasteiger charge is 2.17. The molecule has 0 unspecified atom stereocenters. The van der Waals surface area contributed by atoms with E-state index < -0.39 is 0 Å². The van der Waals surface area contributed by atoms with Gasteiger partial charge in [-0.3, -0.25) is 0 Å². The van der Waals surface area contributed by atoms with Crippen LogP contribution in [0.2, 0.25) is 0 Å². The highest BCUT2D eigenvalue weighted by molar-refractivity contribution is 5.97. The lowest BCUT2D eigenvalue weighted by Gasteiger charge is -2.25. The van der Waals surface area contributed by atoms with Gasteiger partial charge < -0.3 is 26.1 Å². The molecule has 1 aliphatic heterocycles. The Hall–Kier alpha value is -1.56. The number of nitrogens with two attached hydrogens (primary N) is 1. The van der Waals surface area contributed by atoms with Gasteiger partial charge in [0.25, 0.3) is 0 Å². The van der Waals surface area contributed by atoms with Crippen molar-refractivity contribution in [3.8, 4) is 0 Å². The van der Waals surface area contributed by atoms with Gasteiger partial charge in [0.15, 0.2) is 0 Å². The smallest absolute Gasteiger partial charge is 0.0944 e. The summed E-state index contributed by atoms with van der Waals surface area (Å²) in [6.45, 7) is 7.27. The minimum Gasteiger partial charge on any atom is -0.382 e. The molecule has 0 amide bonds. The van der Waals surface area contributed by atoms with Gasteiger partial charge in [0.05, 0.1) is 18.9 Å². The van der Waals surface area contributed by atoms with Gasteiger partial charge >= 0.3 is 0 Å². The zero-order valence-corrected chi connectivity index (χ0v) is 13.5. The van der Waals surface area contributed by atoms with Gasteiger partial charge in [-0.15, -0.1) is 0 Å². The first-order valence-corrected chi connectivity index (χ1v) is 8.06. The Labute approximate surface area is 131 Å². The molecule has 5 nitrogen and oxygen atoms in total. The van der Waals surface area contributed by atoms with Crippen molar-refractivity contribution in [3.63, 3.8) is 0 Å². The molecule has 0 bridgehead atoms. The van der Waals surface area contributed by atoms with Crippen molar-refractivity contribution < 1.29 is 4.74 Å². The molecule has 1 fully saturated rings. The fourth-order valence-corrected chi connectivity index (χ4v) is 3.24. The van der Waals surface area contributed by atoms with Gasteiger partial charge in [-0.25, -0.2) is 0 Å². The lowest BCUT2D eigenvalue weighted by Crippen LogP contribution is -2.35. The number of H-pyrrole nitrogens is 1. The molecule has 0 radical (unpaired) electrons. The molecule has 5 heteroatoms. The molecule has 0 atom stereocenters. The van der Waals surface area contributed by atoms with Crippen molar-refractivity contribution >= 4 is 16.6 Å². The summed E-state index contributed by atoms with van der Waals surface area (Å²) in [6.07, 6.45) is 2.34. The largest absolute Gasteiger partial charge is 0.382 e. The molecule has 0 spiro atoms. The Bertz CT molecular complexity index is 644. The van der Waals surface area contributed by atoms with E-state index in [1.54, 1.807) is 0 Å². The highest BCUT2D eigenvalue weighted by atomic mass is 16.5. The summed E-state index contributed by atoms with van der Waals surface area (Å²) >= 11 is 0. The zero-order valence-electron chi connectivity index (χ0n) is 13.5. The van der Waals surface area contributed by atoms with Gasteiger partial charge in [0, 0.05) is 28.4 Å². The van der Waals surface area contributed by atoms with Crippen LogP contribution in [-0.2, 0) is 11.3 Å². The van der Waals surface area contributed by atoms with E-state index in [9.17, 15) is 0 Å². The molecule has 22 heavy (non-hydrogen) atoms. The predicted molar refractivity (Wildman–Crippen MR) is 91.1 cm³/mol. The molecule has 0 saturated carbocycles. The van der Waals surface area contributed by atoms with E-state index >= 15 is 0 Å². The number of aromatic amines is 1. The molecule has 1 aromatic heterocycles. The van der Waals surface area contributed by atoms with E-state index in [1.165, 1.54) is 40.7 Å². The molecule has 1 saturated heterocycles. The minimum absolute atomic E-state index is 0.245. The number of benzene rings is 1. The first kappa shape index (κ1) is 15.3. The molecule has 120 valence electrons. The number of piperidine rings is 1. The SMILES string of the molecule is Cc1[nH]c2c(COCN)ccc(NC3CCNCC3)c2c1C. The van der Waals surface area contributed by atoms with Crippen LogP contribution in [0.15, 0.2) is 12.1 Å². The first-order valence-electron chi connectivity index (χ1n) is 8.06. The van der Waals surface area contributed by atoms with E-state index in [1.807, 2.05) is 0 Å². The van der Waals surface area contributed by atoms with Crippen LogP contribution in [0.3, 0.4) is 0 Å². The molecular formula is C17H26N4O. The maximum absolute atomic E-state index is 5.46. The molecule has 3 rings (SSSR count). The quantitative estimate of drug-likeness (QED) is 0.640. The van der Waals surface area contributed by atoms with E-state index in [0.717, 1.165) is 18.7 Å². The van der Waals surface area contributed by atoms with E-state index in [0.29, 0.717) is 12.6 Å². The van der Waals surface area contributed by atoms with Crippen LogP contribution in [0.4, 0.5) is 5.69 Å². The molecule has 2 heterocycles. The molecule has 1 aliphatic rings. The number of fused-ring (bicyclic) bond motifs is 1. The van der Waals surface area contributed by atoms with Crippen molar-refractivity contribution in [1.29, 1.82) is 0 Å². The Kier molecular flexibility index (Phi) is 4.66. The van der Waals surface area contributed by atoms with E-state index in [4.69, 9.17) is 10.5 Å². The second kappa shape index (κ2) is 6.69. The van der Waals surface area contributed by atoms with E-state index in [-0.39, 0.29) is 6.73 Å². The molecular weight excluding hydrogens is 276 g/mol. The van der Waals surface area contributed by atoms with Crippen molar-refractivity contribution in [1.82, 2.24) is 10.3 Å².